The number of amides is 1. The van der Waals surface area contributed by atoms with Gasteiger partial charge < -0.3 is 9.88 Å². The Labute approximate surface area is 156 Å². The summed E-state index contributed by atoms with van der Waals surface area (Å²) in [6, 6.07) is 18.6. The van der Waals surface area contributed by atoms with Crippen LogP contribution in [-0.4, -0.2) is 22.0 Å². The summed E-state index contributed by atoms with van der Waals surface area (Å²) in [4.78, 5) is 16.6. The summed E-state index contributed by atoms with van der Waals surface area (Å²) in [5.74, 6) is 0.0987. The van der Waals surface area contributed by atoms with Gasteiger partial charge in [0.25, 0.3) is 0 Å². The number of nitrogens with one attached hydrogen (secondary N) is 1. The molecule has 2 aromatic carbocycles. The summed E-state index contributed by atoms with van der Waals surface area (Å²) < 4.78 is 3.42. The van der Waals surface area contributed by atoms with Gasteiger partial charge in [-0.15, -0.1) is 11.3 Å². The van der Waals surface area contributed by atoms with Gasteiger partial charge in [-0.25, -0.2) is 4.98 Å². The SMILES string of the molecule is O=C(CCc1nc2ccccc2s1)NCCCn1ccc2ccccc21. The number of para-hydroxylation sites is 2. The molecule has 2 aromatic heterocycles. The van der Waals surface area contributed by atoms with Crippen LogP contribution in [0.3, 0.4) is 0 Å². The standard InChI is InChI=1S/C21H21N3OS/c25-20(10-11-21-23-17-7-2-4-9-19(17)26-21)22-13-5-14-24-15-12-16-6-1-3-8-18(16)24/h1-4,6-9,12,15H,5,10-11,13-14H2,(H,22,25). The number of aryl methyl sites for hydroxylation is 2. The largest absolute Gasteiger partial charge is 0.356 e. The maximum atomic E-state index is 12.1. The van der Waals surface area contributed by atoms with Crippen molar-refractivity contribution >= 4 is 38.4 Å². The van der Waals surface area contributed by atoms with Gasteiger partial charge in [-0.2, -0.15) is 0 Å². The van der Waals surface area contributed by atoms with Crippen LogP contribution in [0, 0.1) is 0 Å². The van der Waals surface area contributed by atoms with E-state index >= 15 is 0 Å². The molecular weight excluding hydrogens is 342 g/mol. The minimum absolute atomic E-state index is 0.0987. The zero-order valence-corrected chi connectivity index (χ0v) is 15.3. The van der Waals surface area contributed by atoms with Crippen LogP contribution in [0.4, 0.5) is 0 Å². The summed E-state index contributed by atoms with van der Waals surface area (Å²) >= 11 is 1.67. The molecule has 4 aromatic rings. The number of benzene rings is 2. The van der Waals surface area contributed by atoms with Gasteiger partial charge in [-0.05, 0) is 36.1 Å². The average Bonchev–Trinajstić information content (AvgIpc) is 3.27. The lowest BCUT2D eigenvalue weighted by atomic mass is 10.2. The molecule has 0 aliphatic rings. The molecule has 0 radical (unpaired) electrons. The van der Waals surface area contributed by atoms with Crippen LogP contribution >= 0.6 is 11.3 Å². The molecule has 0 unspecified atom stereocenters. The molecule has 0 atom stereocenters. The van der Waals surface area contributed by atoms with Crippen molar-refractivity contribution < 1.29 is 4.79 Å². The predicted molar refractivity (Wildman–Crippen MR) is 108 cm³/mol. The first kappa shape index (κ1) is 16.8. The van der Waals surface area contributed by atoms with Gasteiger partial charge in [0.05, 0.1) is 15.2 Å². The fourth-order valence-corrected chi connectivity index (χ4v) is 4.12. The highest BCUT2D eigenvalue weighted by atomic mass is 32.1. The van der Waals surface area contributed by atoms with Gasteiger partial charge >= 0.3 is 0 Å². The third kappa shape index (κ3) is 3.78. The van der Waals surface area contributed by atoms with E-state index in [2.05, 4.69) is 57.5 Å². The fraction of sp³-hybridized carbons (Fsp3) is 0.238. The Balaban J connectivity index is 1.21. The van der Waals surface area contributed by atoms with E-state index in [1.54, 1.807) is 11.3 Å². The van der Waals surface area contributed by atoms with E-state index in [4.69, 9.17) is 0 Å². The first-order chi connectivity index (χ1) is 12.8. The van der Waals surface area contributed by atoms with Gasteiger partial charge in [0, 0.05) is 37.6 Å². The van der Waals surface area contributed by atoms with Crippen LogP contribution in [0.25, 0.3) is 21.1 Å². The minimum atomic E-state index is 0.0987. The van der Waals surface area contributed by atoms with E-state index in [-0.39, 0.29) is 5.91 Å². The number of carbonyl (C=O) groups is 1. The number of carbonyl (C=O) groups excluding carboxylic acids is 1. The molecule has 4 rings (SSSR count). The monoisotopic (exact) mass is 363 g/mol. The van der Waals surface area contributed by atoms with Crippen molar-refractivity contribution in [3.63, 3.8) is 0 Å². The highest BCUT2D eigenvalue weighted by Crippen LogP contribution is 2.22. The van der Waals surface area contributed by atoms with Crippen molar-refractivity contribution in [2.75, 3.05) is 6.54 Å². The minimum Gasteiger partial charge on any atom is -0.356 e. The smallest absolute Gasteiger partial charge is 0.220 e. The Bertz CT molecular complexity index is 1000. The number of nitrogens with zero attached hydrogens (tertiary/aromatic N) is 2. The normalized spacial score (nSPS) is 11.2. The second-order valence-electron chi connectivity index (χ2n) is 6.35. The molecule has 0 fully saturated rings. The first-order valence-electron chi connectivity index (χ1n) is 8.94. The van der Waals surface area contributed by atoms with E-state index in [9.17, 15) is 4.79 Å². The lowest BCUT2D eigenvalue weighted by molar-refractivity contribution is -0.121. The maximum absolute atomic E-state index is 12.1. The van der Waals surface area contributed by atoms with E-state index in [0.29, 0.717) is 19.4 Å². The van der Waals surface area contributed by atoms with Crippen molar-refractivity contribution in [3.8, 4) is 0 Å². The topological polar surface area (TPSA) is 46.9 Å². The van der Waals surface area contributed by atoms with Crippen molar-refractivity contribution in [3.05, 3.63) is 65.8 Å². The van der Waals surface area contributed by atoms with Crippen LogP contribution in [-0.2, 0) is 17.8 Å². The number of hydrogen-bond donors (Lipinski definition) is 1. The van der Waals surface area contributed by atoms with Crippen LogP contribution in [0.2, 0.25) is 0 Å². The van der Waals surface area contributed by atoms with Crippen molar-refractivity contribution in [1.82, 2.24) is 14.9 Å². The van der Waals surface area contributed by atoms with E-state index in [1.807, 2.05) is 18.2 Å². The summed E-state index contributed by atoms with van der Waals surface area (Å²) in [7, 11) is 0. The molecule has 132 valence electrons. The Hall–Kier alpha value is -2.66. The van der Waals surface area contributed by atoms with E-state index in [0.717, 1.165) is 23.5 Å². The number of rotatable bonds is 7. The van der Waals surface area contributed by atoms with Crippen molar-refractivity contribution in [2.45, 2.75) is 25.8 Å². The van der Waals surface area contributed by atoms with Crippen LogP contribution in [0.5, 0.6) is 0 Å². The first-order valence-corrected chi connectivity index (χ1v) is 9.76. The molecule has 0 saturated carbocycles. The zero-order chi connectivity index (χ0) is 17.8. The third-order valence-corrected chi connectivity index (χ3v) is 5.58. The molecule has 5 heteroatoms. The van der Waals surface area contributed by atoms with Gasteiger partial charge in [-0.1, -0.05) is 30.3 Å². The molecular formula is C21H21N3OS. The average molecular weight is 363 g/mol. The Morgan fingerprint density at radius 1 is 1.08 bits per heavy atom. The van der Waals surface area contributed by atoms with Crippen LogP contribution < -0.4 is 5.32 Å². The Morgan fingerprint density at radius 3 is 2.85 bits per heavy atom. The summed E-state index contributed by atoms with van der Waals surface area (Å²) in [5, 5.41) is 5.31. The molecule has 1 N–H and O–H groups in total. The molecule has 0 spiro atoms. The predicted octanol–water partition coefficient (Wildman–Crippen LogP) is 4.39. The number of aromatic nitrogens is 2. The molecule has 0 aliphatic carbocycles. The maximum Gasteiger partial charge on any atom is 0.220 e. The molecule has 1 amide bonds. The molecule has 2 heterocycles. The summed E-state index contributed by atoms with van der Waals surface area (Å²) in [6.07, 6.45) is 4.23. The van der Waals surface area contributed by atoms with Gasteiger partial charge in [-0.3, -0.25) is 4.79 Å². The second kappa shape index (κ2) is 7.70. The molecule has 0 saturated heterocycles. The van der Waals surface area contributed by atoms with Gasteiger partial charge in [0.15, 0.2) is 0 Å². The molecule has 0 aliphatic heterocycles. The summed E-state index contributed by atoms with van der Waals surface area (Å²) in [5.41, 5.74) is 2.27. The molecule has 4 nitrogen and oxygen atoms in total. The fourth-order valence-electron chi connectivity index (χ4n) is 3.15. The van der Waals surface area contributed by atoms with Gasteiger partial charge in [0.2, 0.25) is 5.91 Å². The van der Waals surface area contributed by atoms with Crippen molar-refractivity contribution in [1.29, 1.82) is 0 Å². The van der Waals surface area contributed by atoms with E-state index < -0.39 is 0 Å². The molecule has 26 heavy (non-hydrogen) atoms. The zero-order valence-electron chi connectivity index (χ0n) is 14.5. The second-order valence-corrected chi connectivity index (χ2v) is 7.46. The third-order valence-electron chi connectivity index (χ3n) is 4.48. The van der Waals surface area contributed by atoms with Crippen LogP contribution in [0.1, 0.15) is 17.8 Å². The lowest BCUT2D eigenvalue weighted by Crippen LogP contribution is -2.25. The van der Waals surface area contributed by atoms with Crippen LogP contribution in [0.15, 0.2) is 60.8 Å². The Morgan fingerprint density at radius 2 is 1.92 bits per heavy atom. The highest BCUT2D eigenvalue weighted by Gasteiger charge is 2.07. The summed E-state index contributed by atoms with van der Waals surface area (Å²) in [6.45, 7) is 1.61. The Kier molecular flexibility index (Phi) is 4.97. The van der Waals surface area contributed by atoms with E-state index in [1.165, 1.54) is 15.6 Å². The molecule has 0 bridgehead atoms. The highest BCUT2D eigenvalue weighted by molar-refractivity contribution is 7.18. The number of hydrogen-bond acceptors (Lipinski definition) is 3. The number of thiazole rings is 1. The quantitative estimate of drug-likeness (QED) is 0.495. The van der Waals surface area contributed by atoms with Crippen molar-refractivity contribution in [2.24, 2.45) is 0 Å². The number of fused-ring (bicyclic) bond motifs is 2. The van der Waals surface area contributed by atoms with Gasteiger partial charge in [0.1, 0.15) is 0 Å². The lowest BCUT2D eigenvalue weighted by Gasteiger charge is -2.07.